The molecule has 0 bridgehead atoms. The van der Waals surface area contributed by atoms with Crippen molar-refractivity contribution in [2.45, 2.75) is 26.4 Å². The molecule has 2 rings (SSSR count). The Morgan fingerprint density at radius 3 is 2.85 bits per heavy atom. The Kier molecular flexibility index (Phi) is 5.04. The van der Waals surface area contributed by atoms with Gasteiger partial charge < -0.3 is 14.6 Å². The summed E-state index contributed by atoms with van der Waals surface area (Å²) < 4.78 is 7.58. The monoisotopic (exact) mass is 293 g/mol. The van der Waals surface area contributed by atoms with E-state index in [1.165, 1.54) is 0 Å². The van der Waals surface area contributed by atoms with Crippen molar-refractivity contribution in [3.63, 3.8) is 0 Å². The molecule has 1 atom stereocenters. The molecule has 1 unspecified atom stereocenters. The molecule has 0 fully saturated rings. The normalized spacial score (nSPS) is 12.4. The van der Waals surface area contributed by atoms with Gasteiger partial charge in [0.2, 0.25) is 0 Å². The number of halogens is 1. The predicted molar refractivity (Wildman–Crippen MR) is 81.4 cm³/mol. The highest BCUT2D eigenvalue weighted by Gasteiger charge is 2.21. The average molecular weight is 294 g/mol. The number of hydrogen-bond donors (Lipinski definition) is 1. The summed E-state index contributed by atoms with van der Waals surface area (Å²) in [6.45, 7) is 5.88. The summed E-state index contributed by atoms with van der Waals surface area (Å²) in [7, 11) is 1.67. The molecule has 108 valence electrons. The summed E-state index contributed by atoms with van der Waals surface area (Å²) in [5.41, 5.74) is 1.00. The van der Waals surface area contributed by atoms with Gasteiger partial charge in [0, 0.05) is 29.5 Å². The Bertz CT molecular complexity index is 568. The van der Waals surface area contributed by atoms with E-state index in [1.807, 2.05) is 30.6 Å². The van der Waals surface area contributed by atoms with E-state index < -0.39 is 0 Å². The number of ether oxygens (including phenoxy) is 1. The molecular formula is C15H20ClN3O. The zero-order valence-corrected chi connectivity index (χ0v) is 12.8. The number of rotatable bonds is 6. The van der Waals surface area contributed by atoms with Crippen LogP contribution in [0, 0.1) is 0 Å². The molecule has 0 spiro atoms. The van der Waals surface area contributed by atoms with Crippen LogP contribution < -0.4 is 10.1 Å². The summed E-state index contributed by atoms with van der Waals surface area (Å²) in [4.78, 5) is 4.49. The van der Waals surface area contributed by atoms with Crippen molar-refractivity contribution < 1.29 is 4.74 Å². The van der Waals surface area contributed by atoms with E-state index in [1.54, 1.807) is 7.11 Å². The maximum atomic E-state index is 6.14. The van der Waals surface area contributed by atoms with Gasteiger partial charge in [-0.25, -0.2) is 4.98 Å². The molecule has 0 aliphatic heterocycles. The molecule has 0 amide bonds. The topological polar surface area (TPSA) is 39.1 Å². The quantitative estimate of drug-likeness (QED) is 0.888. The number of aryl methyl sites for hydroxylation is 1. The summed E-state index contributed by atoms with van der Waals surface area (Å²) in [6.07, 6.45) is 3.80. The second kappa shape index (κ2) is 6.77. The maximum absolute atomic E-state index is 6.14. The van der Waals surface area contributed by atoms with Crippen LogP contribution in [0.5, 0.6) is 5.75 Å². The number of nitrogens with zero attached hydrogens (tertiary/aromatic N) is 2. The molecule has 0 aliphatic rings. The van der Waals surface area contributed by atoms with E-state index in [0.717, 1.165) is 30.2 Å². The Labute approximate surface area is 124 Å². The van der Waals surface area contributed by atoms with Crippen molar-refractivity contribution >= 4 is 11.6 Å². The van der Waals surface area contributed by atoms with E-state index in [9.17, 15) is 0 Å². The van der Waals surface area contributed by atoms with Gasteiger partial charge in [-0.3, -0.25) is 0 Å². The van der Waals surface area contributed by atoms with Gasteiger partial charge in [-0.05, 0) is 31.7 Å². The molecule has 1 N–H and O–H groups in total. The average Bonchev–Trinajstić information content (AvgIpc) is 2.93. The van der Waals surface area contributed by atoms with E-state index in [0.29, 0.717) is 5.02 Å². The molecule has 20 heavy (non-hydrogen) atoms. The lowest BCUT2D eigenvalue weighted by atomic mass is 10.0. The van der Waals surface area contributed by atoms with Crippen LogP contribution in [0.4, 0.5) is 0 Å². The highest BCUT2D eigenvalue weighted by atomic mass is 35.5. The van der Waals surface area contributed by atoms with Crippen molar-refractivity contribution in [1.82, 2.24) is 14.9 Å². The number of benzene rings is 1. The Balaban J connectivity index is 2.50. The lowest BCUT2D eigenvalue weighted by Gasteiger charge is -2.21. The summed E-state index contributed by atoms with van der Waals surface area (Å²) in [5.74, 6) is 1.78. The second-order valence-corrected chi connectivity index (χ2v) is 4.88. The Hall–Kier alpha value is -1.52. The first-order valence-electron chi connectivity index (χ1n) is 6.79. The largest absolute Gasteiger partial charge is 0.496 e. The molecule has 4 nitrogen and oxygen atoms in total. The van der Waals surface area contributed by atoms with Gasteiger partial charge >= 0.3 is 0 Å². The van der Waals surface area contributed by atoms with Crippen molar-refractivity contribution in [3.8, 4) is 5.75 Å². The molecule has 2 aromatic rings. The summed E-state index contributed by atoms with van der Waals surface area (Å²) in [6, 6.07) is 5.62. The van der Waals surface area contributed by atoms with Crippen molar-refractivity contribution in [3.05, 3.63) is 47.0 Å². The van der Waals surface area contributed by atoms with Crippen molar-refractivity contribution in [2.75, 3.05) is 13.7 Å². The van der Waals surface area contributed by atoms with Gasteiger partial charge in [-0.1, -0.05) is 18.5 Å². The van der Waals surface area contributed by atoms with E-state index in [2.05, 4.69) is 28.7 Å². The van der Waals surface area contributed by atoms with Gasteiger partial charge in [0.05, 0.1) is 13.2 Å². The highest BCUT2D eigenvalue weighted by Crippen LogP contribution is 2.31. The first kappa shape index (κ1) is 14.9. The van der Waals surface area contributed by atoms with Gasteiger partial charge in [-0.15, -0.1) is 0 Å². The molecule has 5 heteroatoms. The standard InChI is InChI=1S/C15H20ClN3O/c1-4-17-14(15-18-8-9-19(15)5-2)12-10-11(16)6-7-13(12)20-3/h6-10,14,17H,4-5H2,1-3H3. The summed E-state index contributed by atoms with van der Waals surface area (Å²) in [5, 5.41) is 4.15. The van der Waals surface area contributed by atoms with Crippen LogP contribution in [0.15, 0.2) is 30.6 Å². The zero-order valence-electron chi connectivity index (χ0n) is 12.1. The summed E-state index contributed by atoms with van der Waals surface area (Å²) >= 11 is 6.14. The number of nitrogens with one attached hydrogen (secondary N) is 1. The van der Waals surface area contributed by atoms with Gasteiger partial charge in [0.15, 0.2) is 0 Å². The third-order valence-corrected chi connectivity index (χ3v) is 3.49. The molecule has 1 aromatic heterocycles. The number of methoxy groups -OCH3 is 1. The lowest BCUT2D eigenvalue weighted by molar-refractivity contribution is 0.402. The minimum atomic E-state index is -0.0383. The smallest absolute Gasteiger partial charge is 0.130 e. The van der Waals surface area contributed by atoms with Crippen LogP contribution in [0.25, 0.3) is 0 Å². The molecule has 1 heterocycles. The van der Waals surface area contributed by atoms with Crippen LogP contribution >= 0.6 is 11.6 Å². The van der Waals surface area contributed by atoms with Crippen LogP contribution in [0.1, 0.15) is 31.3 Å². The van der Waals surface area contributed by atoms with E-state index in [4.69, 9.17) is 16.3 Å². The molecule has 0 saturated carbocycles. The molecule has 1 aromatic carbocycles. The highest BCUT2D eigenvalue weighted by molar-refractivity contribution is 6.30. The number of hydrogen-bond acceptors (Lipinski definition) is 3. The molecule has 0 radical (unpaired) electrons. The minimum Gasteiger partial charge on any atom is -0.496 e. The van der Waals surface area contributed by atoms with Crippen LogP contribution in [-0.4, -0.2) is 23.2 Å². The minimum absolute atomic E-state index is 0.0383. The fraction of sp³-hybridized carbons (Fsp3) is 0.400. The number of aromatic nitrogens is 2. The SMILES string of the molecule is CCNC(c1cc(Cl)ccc1OC)c1nccn1CC. The third kappa shape index (κ3) is 2.97. The van der Waals surface area contributed by atoms with Gasteiger partial charge in [0.1, 0.15) is 11.6 Å². The van der Waals surface area contributed by atoms with Crippen molar-refractivity contribution in [1.29, 1.82) is 0 Å². The number of imidazole rings is 1. The van der Waals surface area contributed by atoms with Crippen molar-refractivity contribution in [2.24, 2.45) is 0 Å². The van der Waals surface area contributed by atoms with Crippen LogP contribution in [0.3, 0.4) is 0 Å². The predicted octanol–water partition coefficient (Wildman–Crippen LogP) is 3.26. The fourth-order valence-electron chi connectivity index (χ4n) is 2.32. The van der Waals surface area contributed by atoms with E-state index in [-0.39, 0.29) is 6.04 Å². The van der Waals surface area contributed by atoms with Crippen LogP contribution in [0.2, 0.25) is 5.02 Å². The third-order valence-electron chi connectivity index (χ3n) is 3.26. The zero-order chi connectivity index (χ0) is 14.5. The van der Waals surface area contributed by atoms with E-state index >= 15 is 0 Å². The first-order valence-corrected chi connectivity index (χ1v) is 7.16. The molecular weight excluding hydrogens is 274 g/mol. The van der Waals surface area contributed by atoms with Gasteiger partial charge in [0.25, 0.3) is 0 Å². The first-order chi connectivity index (χ1) is 9.71. The fourth-order valence-corrected chi connectivity index (χ4v) is 2.50. The van der Waals surface area contributed by atoms with Crippen LogP contribution in [-0.2, 0) is 6.54 Å². The Morgan fingerprint density at radius 1 is 1.40 bits per heavy atom. The molecule has 0 aliphatic carbocycles. The maximum Gasteiger partial charge on any atom is 0.130 e. The molecule has 0 saturated heterocycles. The second-order valence-electron chi connectivity index (χ2n) is 4.45. The lowest BCUT2D eigenvalue weighted by Crippen LogP contribution is -2.25. The Morgan fingerprint density at radius 2 is 2.20 bits per heavy atom. The van der Waals surface area contributed by atoms with Gasteiger partial charge in [-0.2, -0.15) is 0 Å².